The first-order valence-corrected chi connectivity index (χ1v) is 7.69. The summed E-state index contributed by atoms with van der Waals surface area (Å²) < 4.78 is 5.97. The van der Waals surface area contributed by atoms with Gasteiger partial charge in [-0.25, -0.2) is 0 Å². The standard InChI is InChI=1S/C16H21ClN2O/c1-2-3-8-19-9-6-14(7-10-19)20-15-5-4-13(12-18)16(17)11-15/h4-5,11,14H,2-3,6-10H2,1H3. The quantitative estimate of drug-likeness (QED) is 0.827. The highest BCUT2D eigenvalue weighted by Crippen LogP contribution is 2.25. The summed E-state index contributed by atoms with van der Waals surface area (Å²) in [4.78, 5) is 2.51. The van der Waals surface area contributed by atoms with Crippen molar-refractivity contribution in [3.63, 3.8) is 0 Å². The van der Waals surface area contributed by atoms with Crippen LogP contribution in [0.15, 0.2) is 18.2 Å². The summed E-state index contributed by atoms with van der Waals surface area (Å²) in [6.07, 6.45) is 4.90. The van der Waals surface area contributed by atoms with Crippen molar-refractivity contribution in [1.82, 2.24) is 4.90 Å². The van der Waals surface area contributed by atoms with Gasteiger partial charge in [-0.2, -0.15) is 5.26 Å². The van der Waals surface area contributed by atoms with Gasteiger partial charge in [-0.15, -0.1) is 0 Å². The van der Waals surface area contributed by atoms with Crippen molar-refractivity contribution < 1.29 is 4.74 Å². The minimum absolute atomic E-state index is 0.261. The topological polar surface area (TPSA) is 36.3 Å². The zero-order chi connectivity index (χ0) is 14.4. The van der Waals surface area contributed by atoms with Gasteiger partial charge in [-0.1, -0.05) is 24.9 Å². The van der Waals surface area contributed by atoms with E-state index < -0.39 is 0 Å². The fourth-order valence-corrected chi connectivity index (χ4v) is 2.70. The maximum Gasteiger partial charge on any atom is 0.121 e. The number of benzene rings is 1. The molecule has 0 radical (unpaired) electrons. The van der Waals surface area contributed by atoms with E-state index in [1.807, 2.05) is 6.07 Å². The molecular formula is C16H21ClN2O. The number of halogens is 1. The Morgan fingerprint density at radius 1 is 1.40 bits per heavy atom. The monoisotopic (exact) mass is 292 g/mol. The molecule has 20 heavy (non-hydrogen) atoms. The summed E-state index contributed by atoms with van der Waals surface area (Å²) in [7, 11) is 0. The molecule has 1 heterocycles. The Morgan fingerprint density at radius 3 is 2.75 bits per heavy atom. The van der Waals surface area contributed by atoms with Crippen LogP contribution in [-0.4, -0.2) is 30.6 Å². The van der Waals surface area contributed by atoms with Crippen LogP contribution in [0.3, 0.4) is 0 Å². The van der Waals surface area contributed by atoms with Gasteiger partial charge in [-0.3, -0.25) is 0 Å². The van der Waals surface area contributed by atoms with Crippen LogP contribution in [-0.2, 0) is 0 Å². The largest absolute Gasteiger partial charge is 0.490 e. The molecule has 4 heteroatoms. The molecule has 1 aliphatic rings. The van der Waals surface area contributed by atoms with Crippen LogP contribution in [0.5, 0.6) is 5.75 Å². The number of nitriles is 1. The summed E-state index contributed by atoms with van der Waals surface area (Å²) in [5, 5.41) is 9.31. The Kier molecular flexibility index (Phi) is 5.70. The fourth-order valence-electron chi connectivity index (χ4n) is 2.48. The molecule has 1 saturated heterocycles. The molecule has 0 aromatic heterocycles. The first-order chi connectivity index (χ1) is 9.72. The van der Waals surface area contributed by atoms with Crippen LogP contribution in [0.1, 0.15) is 38.2 Å². The number of piperidine rings is 1. The van der Waals surface area contributed by atoms with E-state index >= 15 is 0 Å². The minimum atomic E-state index is 0.261. The fraction of sp³-hybridized carbons (Fsp3) is 0.562. The molecule has 0 aliphatic carbocycles. The lowest BCUT2D eigenvalue weighted by atomic mass is 10.1. The number of hydrogen-bond donors (Lipinski definition) is 0. The summed E-state index contributed by atoms with van der Waals surface area (Å²) in [6, 6.07) is 7.34. The molecular weight excluding hydrogens is 272 g/mol. The predicted octanol–water partition coefficient (Wildman–Crippen LogP) is 3.85. The molecule has 0 bridgehead atoms. The van der Waals surface area contributed by atoms with E-state index in [2.05, 4.69) is 17.9 Å². The second-order valence-electron chi connectivity index (χ2n) is 5.27. The number of rotatable bonds is 5. The maximum atomic E-state index is 8.85. The van der Waals surface area contributed by atoms with Crippen LogP contribution in [0.25, 0.3) is 0 Å². The Balaban J connectivity index is 1.83. The number of hydrogen-bond acceptors (Lipinski definition) is 3. The molecule has 0 saturated carbocycles. The van der Waals surface area contributed by atoms with Gasteiger partial charge in [0.2, 0.25) is 0 Å². The van der Waals surface area contributed by atoms with Gasteiger partial charge < -0.3 is 9.64 Å². The van der Waals surface area contributed by atoms with Crippen LogP contribution in [0.2, 0.25) is 5.02 Å². The minimum Gasteiger partial charge on any atom is -0.490 e. The molecule has 1 aromatic carbocycles. The smallest absolute Gasteiger partial charge is 0.121 e. The van der Waals surface area contributed by atoms with Gasteiger partial charge in [0, 0.05) is 19.2 Å². The zero-order valence-corrected chi connectivity index (χ0v) is 12.7. The summed E-state index contributed by atoms with van der Waals surface area (Å²) >= 11 is 6.02. The Labute approximate surface area is 126 Å². The third kappa shape index (κ3) is 4.13. The molecule has 2 rings (SSSR count). The van der Waals surface area contributed by atoms with E-state index in [9.17, 15) is 0 Å². The van der Waals surface area contributed by atoms with E-state index in [1.165, 1.54) is 19.4 Å². The summed E-state index contributed by atoms with van der Waals surface area (Å²) in [6.45, 7) is 5.64. The van der Waals surface area contributed by atoms with E-state index in [-0.39, 0.29) is 6.10 Å². The highest BCUT2D eigenvalue weighted by molar-refractivity contribution is 6.31. The molecule has 0 amide bonds. The van der Waals surface area contributed by atoms with E-state index in [4.69, 9.17) is 21.6 Å². The zero-order valence-electron chi connectivity index (χ0n) is 11.9. The van der Waals surface area contributed by atoms with E-state index in [0.29, 0.717) is 10.6 Å². The first kappa shape index (κ1) is 15.2. The van der Waals surface area contributed by atoms with Crippen LogP contribution in [0, 0.1) is 11.3 Å². The molecule has 1 aromatic rings. The highest BCUT2D eigenvalue weighted by Gasteiger charge is 2.20. The Hall–Kier alpha value is -1.24. The molecule has 0 atom stereocenters. The first-order valence-electron chi connectivity index (χ1n) is 7.31. The second kappa shape index (κ2) is 7.52. The normalized spacial score (nSPS) is 16.9. The SMILES string of the molecule is CCCCN1CCC(Oc2ccc(C#N)c(Cl)c2)CC1. The predicted molar refractivity (Wildman–Crippen MR) is 81.2 cm³/mol. The lowest BCUT2D eigenvalue weighted by Crippen LogP contribution is -2.38. The molecule has 1 aliphatic heterocycles. The molecule has 0 spiro atoms. The van der Waals surface area contributed by atoms with Crippen LogP contribution < -0.4 is 4.74 Å². The van der Waals surface area contributed by atoms with E-state index in [1.54, 1.807) is 12.1 Å². The average Bonchev–Trinajstić information content (AvgIpc) is 2.47. The summed E-state index contributed by atoms with van der Waals surface area (Å²) in [5.41, 5.74) is 0.494. The third-order valence-corrected chi connectivity index (χ3v) is 4.04. The maximum absolute atomic E-state index is 8.85. The van der Waals surface area contributed by atoms with Crippen LogP contribution in [0.4, 0.5) is 0 Å². The molecule has 0 unspecified atom stereocenters. The van der Waals surface area contributed by atoms with Gasteiger partial charge in [0.15, 0.2) is 0 Å². The van der Waals surface area contributed by atoms with Gasteiger partial charge in [0.1, 0.15) is 17.9 Å². The third-order valence-electron chi connectivity index (χ3n) is 3.73. The van der Waals surface area contributed by atoms with Gasteiger partial charge in [0.25, 0.3) is 0 Å². The lowest BCUT2D eigenvalue weighted by Gasteiger charge is -2.32. The summed E-state index contributed by atoms with van der Waals surface area (Å²) in [5.74, 6) is 0.765. The van der Waals surface area contributed by atoms with Gasteiger partial charge >= 0.3 is 0 Å². The van der Waals surface area contributed by atoms with Gasteiger partial charge in [0.05, 0.1) is 10.6 Å². The van der Waals surface area contributed by atoms with Crippen LogP contribution >= 0.6 is 11.6 Å². The Bertz CT molecular complexity index is 476. The van der Waals surface area contributed by atoms with Crippen molar-refractivity contribution in [1.29, 1.82) is 5.26 Å². The van der Waals surface area contributed by atoms with Crippen molar-refractivity contribution in [3.05, 3.63) is 28.8 Å². The molecule has 1 fully saturated rings. The number of likely N-dealkylation sites (tertiary alicyclic amines) is 1. The van der Waals surface area contributed by atoms with Crippen molar-refractivity contribution in [2.24, 2.45) is 0 Å². The van der Waals surface area contributed by atoms with Crippen molar-refractivity contribution in [2.75, 3.05) is 19.6 Å². The number of ether oxygens (including phenoxy) is 1. The molecule has 3 nitrogen and oxygen atoms in total. The van der Waals surface area contributed by atoms with Crippen molar-refractivity contribution in [3.8, 4) is 11.8 Å². The number of unbranched alkanes of at least 4 members (excludes halogenated alkanes) is 1. The second-order valence-corrected chi connectivity index (χ2v) is 5.67. The van der Waals surface area contributed by atoms with E-state index in [0.717, 1.165) is 31.7 Å². The van der Waals surface area contributed by atoms with Crippen molar-refractivity contribution >= 4 is 11.6 Å². The average molecular weight is 293 g/mol. The molecule has 108 valence electrons. The number of nitrogens with zero attached hydrogens (tertiary/aromatic N) is 2. The van der Waals surface area contributed by atoms with Crippen molar-refractivity contribution in [2.45, 2.75) is 38.7 Å². The molecule has 0 N–H and O–H groups in total. The Morgan fingerprint density at radius 2 is 2.15 bits per heavy atom. The highest BCUT2D eigenvalue weighted by atomic mass is 35.5. The lowest BCUT2D eigenvalue weighted by molar-refractivity contribution is 0.0998. The van der Waals surface area contributed by atoms with Gasteiger partial charge in [-0.05, 0) is 37.9 Å².